The smallest absolute Gasteiger partial charge is 0.251 e. The molecule has 80 valence electrons. The molecule has 5 heteroatoms. The van der Waals surface area contributed by atoms with E-state index in [4.69, 9.17) is 8.83 Å². The third-order valence-corrected chi connectivity index (χ3v) is 1.97. The molecule has 5 nitrogen and oxygen atoms in total. The summed E-state index contributed by atoms with van der Waals surface area (Å²) in [6, 6.07) is 1.87. The summed E-state index contributed by atoms with van der Waals surface area (Å²) in [5.41, 5.74) is 0.822. The zero-order valence-corrected chi connectivity index (χ0v) is 8.78. The molecule has 2 aromatic rings. The lowest BCUT2D eigenvalue weighted by molar-refractivity contribution is 0.480. The van der Waals surface area contributed by atoms with Gasteiger partial charge in [0.15, 0.2) is 0 Å². The van der Waals surface area contributed by atoms with E-state index in [2.05, 4.69) is 15.5 Å². The monoisotopic (exact) mass is 207 g/mol. The van der Waals surface area contributed by atoms with Gasteiger partial charge in [0.2, 0.25) is 5.89 Å². The molecule has 0 aromatic carbocycles. The van der Waals surface area contributed by atoms with Crippen LogP contribution in [0, 0.1) is 6.92 Å². The summed E-state index contributed by atoms with van der Waals surface area (Å²) < 4.78 is 10.6. The first-order valence-electron chi connectivity index (χ1n) is 4.88. The number of nitrogens with zero attached hydrogens (tertiary/aromatic N) is 2. The quantitative estimate of drug-likeness (QED) is 0.827. The van der Waals surface area contributed by atoms with Crippen LogP contribution in [0.15, 0.2) is 21.2 Å². The van der Waals surface area contributed by atoms with E-state index in [0.717, 1.165) is 17.9 Å². The second kappa shape index (κ2) is 4.27. The minimum Gasteiger partial charge on any atom is -0.469 e. The van der Waals surface area contributed by atoms with Gasteiger partial charge in [-0.15, -0.1) is 10.2 Å². The van der Waals surface area contributed by atoms with Crippen LogP contribution in [0.3, 0.4) is 0 Å². The predicted octanol–water partition coefficient (Wildman–Crippen LogP) is 1.75. The lowest BCUT2D eigenvalue weighted by Gasteiger charge is -1.93. The number of hydrogen-bond donors (Lipinski definition) is 1. The molecule has 15 heavy (non-hydrogen) atoms. The first-order chi connectivity index (χ1) is 7.29. The molecule has 2 heterocycles. The predicted molar refractivity (Wildman–Crippen MR) is 54.1 cm³/mol. The van der Waals surface area contributed by atoms with E-state index in [1.807, 2.05) is 19.9 Å². The number of hydrogen-bond acceptors (Lipinski definition) is 5. The standard InChI is InChI=1S/C10H13N3O2/c1-3-11-5-9-12-13-10(15-9)8-4-7(2)14-6-8/h4,6,11H,3,5H2,1-2H3. The number of nitrogens with one attached hydrogen (secondary N) is 1. The normalized spacial score (nSPS) is 10.8. The summed E-state index contributed by atoms with van der Waals surface area (Å²) >= 11 is 0. The molecule has 0 saturated carbocycles. The van der Waals surface area contributed by atoms with Gasteiger partial charge in [0, 0.05) is 0 Å². The first kappa shape index (κ1) is 9.92. The molecule has 0 unspecified atom stereocenters. The topological polar surface area (TPSA) is 64.1 Å². The van der Waals surface area contributed by atoms with Crippen molar-refractivity contribution >= 4 is 0 Å². The van der Waals surface area contributed by atoms with E-state index < -0.39 is 0 Å². The molecular weight excluding hydrogens is 194 g/mol. The minimum absolute atomic E-state index is 0.500. The molecule has 0 aliphatic heterocycles. The molecule has 0 spiro atoms. The Labute approximate surface area is 87.5 Å². The van der Waals surface area contributed by atoms with Gasteiger partial charge in [-0.25, -0.2) is 0 Å². The van der Waals surface area contributed by atoms with Crippen LogP contribution >= 0.6 is 0 Å². The van der Waals surface area contributed by atoms with Gasteiger partial charge in [0.1, 0.15) is 12.0 Å². The number of furan rings is 1. The summed E-state index contributed by atoms with van der Waals surface area (Å²) in [5, 5.41) is 11.0. The summed E-state index contributed by atoms with van der Waals surface area (Å²) in [7, 11) is 0. The van der Waals surface area contributed by atoms with E-state index in [1.54, 1.807) is 6.26 Å². The van der Waals surface area contributed by atoms with Gasteiger partial charge >= 0.3 is 0 Å². The van der Waals surface area contributed by atoms with Crippen molar-refractivity contribution in [1.29, 1.82) is 0 Å². The van der Waals surface area contributed by atoms with Crippen LogP contribution in [-0.2, 0) is 6.54 Å². The van der Waals surface area contributed by atoms with E-state index in [-0.39, 0.29) is 0 Å². The van der Waals surface area contributed by atoms with E-state index in [1.165, 1.54) is 0 Å². The van der Waals surface area contributed by atoms with Gasteiger partial charge in [-0.3, -0.25) is 0 Å². The Bertz CT molecular complexity index is 433. The van der Waals surface area contributed by atoms with Crippen LogP contribution in [0.1, 0.15) is 18.6 Å². The molecule has 0 aliphatic carbocycles. The van der Waals surface area contributed by atoms with Crippen molar-refractivity contribution in [1.82, 2.24) is 15.5 Å². The summed E-state index contributed by atoms with van der Waals surface area (Å²) in [4.78, 5) is 0. The molecule has 0 fully saturated rings. The van der Waals surface area contributed by atoms with E-state index in [9.17, 15) is 0 Å². The highest BCUT2D eigenvalue weighted by atomic mass is 16.4. The Morgan fingerprint density at radius 3 is 2.93 bits per heavy atom. The number of aromatic nitrogens is 2. The molecule has 0 atom stereocenters. The van der Waals surface area contributed by atoms with E-state index in [0.29, 0.717) is 18.3 Å². The Hall–Kier alpha value is -1.62. The highest BCUT2D eigenvalue weighted by Crippen LogP contribution is 2.20. The van der Waals surface area contributed by atoms with Crippen molar-refractivity contribution in [3.05, 3.63) is 24.0 Å². The minimum atomic E-state index is 0.500. The van der Waals surface area contributed by atoms with Gasteiger partial charge in [0.25, 0.3) is 5.89 Å². The maximum absolute atomic E-state index is 5.44. The Kier molecular flexibility index (Phi) is 2.82. The largest absolute Gasteiger partial charge is 0.469 e. The molecule has 0 bridgehead atoms. The first-order valence-corrected chi connectivity index (χ1v) is 4.88. The lowest BCUT2D eigenvalue weighted by Crippen LogP contribution is -2.11. The fourth-order valence-corrected chi connectivity index (χ4v) is 1.23. The van der Waals surface area contributed by atoms with Crippen LogP contribution in [-0.4, -0.2) is 16.7 Å². The average Bonchev–Trinajstić information content (AvgIpc) is 2.83. The fourth-order valence-electron chi connectivity index (χ4n) is 1.23. The molecule has 0 amide bonds. The summed E-state index contributed by atoms with van der Waals surface area (Å²) in [6.45, 7) is 5.37. The van der Waals surface area contributed by atoms with Crippen LogP contribution in [0.4, 0.5) is 0 Å². The zero-order chi connectivity index (χ0) is 10.7. The number of aryl methyl sites for hydroxylation is 1. The van der Waals surface area contributed by atoms with Crippen molar-refractivity contribution in [2.75, 3.05) is 6.54 Å². The second-order valence-electron chi connectivity index (χ2n) is 3.23. The highest BCUT2D eigenvalue weighted by Gasteiger charge is 2.09. The van der Waals surface area contributed by atoms with E-state index >= 15 is 0 Å². The van der Waals surface area contributed by atoms with Crippen LogP contribution < -0.4 is 5.32 Å². The lowest BCUT2D eigenvalue weighted by atomic mass is 10.3. The molecule has 0 saturated heterocycles. The molecular formula is C10H13N3O2. The Morgan fingerprint density at radius 1 is 1.40 bits per heavy atom. The molecule has 0 radical (unpaired) electrons. The van der Waals surface area contributed by atoms with Gasteiger partial charge in [-0.05, 0) is 19.5 Å². The highest BCUT2D eigenvalue weighted by molar-refractivity contribution is 5.50. The van der Waals surface area contributed by atoms with Gasteiger partial charge < -0.3 is 14.2 Å². The fraction of sp³-hybridized carbons (Fsp3) is 0.400. The molecule has 2 aromatic heterocycles. The average molecular weight is 207 g/mol. The van der Waals surface area contributed by atoms with Crippen molar-refractivity contribution in [2.45, 2.75) is 20.4 Å². The van der Waals surface area contributed by atoms with Gasteiger partial charge in [-0.1, -0.05) is 6.92 Å². The van der Waals surface area contributed by atoms with Gasteiger partial charge in [0.05, 0.1) is 12.1 Å². The summed E-state index contributed by atoms with van der Waals surface area (Å²) in [6.07, 6.45) is 1.61. The second-order valence-corrected chi connectivity index (χ2v) is 3.23. The van der Waals surface area contributed by atoms with Gasteiger partial charge in [-0.2, -0.15) is 0 Å². The Morgan fingerprint density at radius 2 is 2.27 bits per heavy atom. The summed E-state index contributed by atoms with van der Waals surface area (Å²) in [5.74, 6) is 1.92. The maximum atomic E-state index is 5.44. The van der Waals surface area contributed by atoms with Crippen LogP contribution in [0.5, 0.6) is 0 Å². The number of rotatable bonds is 4. The van der Waals surface area contributed by atoms with Crippen LogP contribution in [0.25, 0.3) is 11.5 Å². The SMILES string of the molecule is CCNCc1nnc(-c2coc(C)c2)o1. The van der Waals surface area contributed by atoms with Crippen molar-refractivity contribution in [2.24, 2.45) is 0 Å². The molecule has 1 N–H and O–H groups in total. The maximum Gasteiger partial charge on any atom is 0.251 e. The van der Waals surface area contributed by atoms with Crippen molar-refractivity contribution < 1.29 is 8.83 Å². The third-order valence-electron chi connectivity index (χ3n) is 1.97. The third kappa shape index (κ3) is 2.24. The van der Waals surface area contributed by atoms with Crippen molar-refractivity contribution in [3.8, 4) is 11.5 Å². The van der Waals surface area contributed by atoms with Crippen molar-refractivity contribution in [3.63, 3.8) is 0 Å². The zero-order valence-electron chi connectivity index (χ0n) is 8.78. The van der Waals surface area contributed by atoms with Crippen LogP contribution in [0.2, 0.25) is 0 Å². The molecule has 2 rings (SSSR count). The Balaban J connectivity index is 2.13. The molecule has 0 aliphatic rings.